The largest absolute Gasteiger partial charge is 1.00 e. The van der Waals surface area contributed by atoms with Crippen molar-refractivity contribution >= 4 is 16.9 Å². The Kier molecular flexibility index (Phi) is 3.08. The molecule has 2 aromatic rings. The van der Waals surface area contributed by atoms with Gasteiger partial charge >= 0.3 is 29.6 Å². The summed E-state index contributed by atoms with van der Waals surface area (Å²) in [5, 5.41) is 17.7. The maximum absolute atomic E-state index is 10.4. The number of carbonyl (C=O) groups is 1. The van der Waals surface area contributed by atoms with Gasteiger partial charge in [0.2, 0.25) is 0 Å². The van der Waals surface area contributed by atoms with Crippen LogP contribution in [0.1, 0.15) is 10.4 Å². The molecule has 0 saturated heterocycles. The normalized spacial score (nSPS) is 9.54. The molecule has 0 fully saturated rings. The number of carboxylic acid groups (broad SMARTS) is 1. The Bertz CT molecular complexity index is 438. The Morgan fingerprint density at radius 1 is 1.46 bits per heavy atom. The maximum Gasteiger partial charge on any atom is 1.00 e. The molecule has 0 saturated carbocycles. The summed E-state index contributed by atoms with van der Waals surface area (Å²) in [6.07, 6.45) is 1.63. The molecule has 1 N–H and O–H groups in total. The Morgan fingerprint density at radius 3 is 2.92 bits per heavy atom. The number of benzene rings is 1. The third-order valence-electron chi connectivity index (χ3n) is 1.68. The molecular weight excluding hydrogens is 179 g/mol. The molecule has 0 aliphatic rings. The standard InChI is InChI=1S/C8H6N2O2.Na/c11-8(12)5-1-2-6-4-9-10-7(6)3-5;/h1-4H,(H,9,10)(H,11,12);/q;+1/p-1. The third-order valence-corrected chi connectivity index (χ3v) is 1.68. The van der Waals surface area contributed by atoms with Gasteiger partial charge in [0.15, 0.2) is 0 Å². The van der Waals surface area contributed by atoms with Gasteiger partial charge in [-0.05, 0) is 11.6 Å². The summed E-state index contributed by atoms with van der Waals surface area (Å²) in [5.41, 5.74) is 0.864. The van der Waals surface area contributed by atoms with E-state index in [1.807, 2.05) is 0 Å². The monoisotopic (exact) mass is 184 g/mol. The summed E-state index contributed by atoms with van der Waals surface area (Å²) >= 11 is 0. The van der Waals surface area contributed by atoms with Crippen LogP contribution in [0, 0.1) is 0 Å². The van der Waals surface area contributed by atoms with Gasteiger partial charge in [-0.15, -0.1) is 0 Å². The molecule has 4 nitrogen and oxygen atoms in total. The van der Waals surface area contributed by atoms with E-state index in [1.54, 1.807) is 12.3 Å². The van der Waals surface area contributed by atoms with Crippen LogP contribution in [-0.2, 0) is 0 Å². The number of carbonyl (C=O) groups excluding carboxylic acids is 1. The summed E-state index contributed by atoms with van der Waals surface area (Å²) in [7, 11) is 0. The average Bonchev–Trinajstić information content (AvgIpc) is 2.49. The zero-order chi connectivity index (χ0) is 8.55. The van der Waals surface area contributed by atoms with Crippen molar-refractivity contribution in [2.45, 2.75) is 0 Å². The maximum atomic E-state index is 10.4. The van der Waals surface area contributed by atoms with Gasteiger partial charge in [-0.25, -0.2) is 0 Å². The summed E-state index contributed by atoms with van der Waals surface area (Å²) in [6, 6.07) is 4.68. The first-order valence-electron chi connectivity index (χ1n) is 3.42. The van der Waals surface area contributed by atoms with Crippen LogP contribution in [0.3, 0.4) is 0 Å². The van der Waals surface area contributed by atoms with Gasteiger partial charge in [0.1, 0.15) is 0 Å². The van der Waals surface area contributed by atoms with E-state index in [-0.39, 0.29) is 35.1 Å². The molecule has 0 atom stereocenters. The number of aromatic amines is 1. The van der Waals surface area contributed by atoms with Gasteiger partial charge in [-0.3, -0.25) is 5.10 Å². The van der Waals surface area contributed by atoms with Crippen LogP contribution in [0.4, 0.5) is 0 Å². The second-order valence-electron chi connectivity index (χ2n) is 2.46. The number of H-pyrrole nitrogens is 1. The minimum Gasteiger partial charge on any atom is -0.545 e. The van der Waals surface area contributed by atoms with E-state index in [0.717, 1.165) is 5.39 Å². The van der Waals surface area contributed by atoms with Crippen LogP contribution >= 0.6 is 0 Å². The van der Waals surface area contributed by atoms with E-state index in [2.05, 4.69) is 10.2 Å². The molecule has 13 heavy (non-hydrogen) atoms. The van der Waals surface area contributed by atoms with Crippen LogP contribution in [0.25, 0.3) is 10.9 Å². The number of hydrogen-bond acceptors (Lipinski definition) is 3. The number of aromatic carboxylic acids is 1. The van der Waals surface area contributed by atoms with Crippen LogP contribution in [0.15, 0.2) is 24.4 Å². The van der Waals surface area contributed by atoms with E-state index >= 15 is 0 Å². The topological polar surface area (TPSA) is 68.8 Å². The van der Waals surface area contributed by atoms with Crippen molar-refractivity contribution in [1.82, 2.24) is 10.2 Å². The Morgan fingerprint density at radius 2 is 2.23 bits per heavy atom. The molecule has 0 unspecified atom stereocenters. The summed E-state index contributed by atoms with van der Waals surface area (Å²) in [5.74, 6) is -1.17. The van der Waals surface area contributed by atoms with Gasteiger partial charge < -0.3 is 9.90 Å². The zero-order valence-corrected chi connectivity index (χ0v) is 9.07. The summed E-state index contributed by atoms with van der Waals surface area (Å²) in [6.45, 7) is 0. The molecular formula is C8H5N2NaO2. The Hall–Kier alpha value is -0.840. The van der Waals surface area contributed by atoms with Crippen molar-refractivity contribution in [2.75, 3.05) is 0 Å². The SMILES string of the molecule is O=C([O-])c1ccc2cn[nH]c2c1.[Na+]. The van der Waals surface area contributed by atoms with Crippen LogP contribution in [0.5, 0.6) is 0 Å². The fourth-order valence-electron chi connectivity index (χ4n) is 1.06. The van der Waals surface area contributed by atoms with E-state index in [0.29, 0.717) is 5.52 Å². The van der Waals surface area contributed by atoms with Crippen molar-refractivity contribution in [2.24, 2.45) is 0 Å². The van der Waals surface area contributed by atoms with E-state index in [1.165, 1.54) is 12.1 Å². The smallest absolute Gasteiger partial charge is 0.545 e. The Labute approximate surface area is 96.2 Å². The van der Waals surface area contributed by atoms with Crippen molar-refractivity contribution < 1.29 is 39.5 Å². The predicted octanol–water partition coefficient (Wildman–Crippen LogP) is -3.07. The van der Waals surface area contributed by atoms with Crippen LogP contribution in [-0.4, -0.2) is 16.2 Å². The number of nitrogens with zero attached hydrogens (tertiary/aromatic N) is 1. The van der Waals surface area contributed by atoms with Crippen molar-refractivity contribution in [3.05, 3.63) is 30.0 Å². The minimum absolute atomic E-state index is 0. The molecule has 1 heterocycles. The minimum atomic E-state index is -1.17. The molecule has 0 aliphatic heterocycles. The van der Waals surface area contributed by atoms with Gasteiger partial charge in [0.05, 0.1) is 17.7 Å². The summed E-state index contributed by atoms with van der Waals surface area (Å²) in [4.78, 5) is 10.4. The average molecular weight is 184 g/mol. The molecule has 0 radical (unpaired) electrons. The first-order valence-corrected chi connectivity index (χ1v) is 3.42. The van der Waals surface area contributed by atoms with Crippen molar-refractivity contribution in [1.29, 1.82) is 0 Å². The second kappa shape index (κ2) is 3.91. The van der Waals surface area contributed by atoms with Crippen LogP contribution in [0.2, 0.25) is 0 Å². The molecule has 5 heteroatoms. The van der Waals surface area contributed by atoms with Crippen LogP contribution < -0.4 is 34.7 Å². The summed E-state index contributed by atoms with van der Waals surface area (Å²) < 4.78 is 0. The molecule has 0 bridgehead atoms. The molecule has 2 rings (SSSR count). The van der Waals surface area contributed by atoms with Gasteiger partial charge in [-0.2, -0.15) is 5.10 Å². The number of hydrogen-bond donors (Lipinski definition) is 1. The fraction of sp³-hybridized carbons (Fsp3) is 0. The first kappa shape index (κ1) is 10.2. The number of aromatic nitrogens is 2. The number of nitrogens with one attached hydrogen (secondary N) is 1. The first-order chi connectivity index (χ1) is 5.77. The van der Waals surface area contributed by atoms with Gasteiger partial charge in [0.25, 0.3) is 0 Å². The van der Waals surface area contributed by atoms with E-state index < -0.39 is 5.97 Å². The Balaban J connectivity index is 0.000000845. The number of carboxylic acids is 1. The molecule has 0 spiro atoms. The van der Waals surface area contributed by atoms with Crippen molar-refractivity contribution in [3.63, 3.8) is 0 Å². The van der Waals surface area contributed by atoms with E-state index in [9.17, 15) is 9.90 Å². The van der Waals surface area contributed by atoms with E-state index in [4.69, 9.17) is 0 Å². The number of rotatable bonds is 1. The number of fused-ring (bicyclic) bond motifs is 1. The quantitative estimate of drug-likeness (QED) is 0.478. The van der Waals surface area contributed by atoms with Gasteiger partial charge in [-0.1, -0.05) is 12.1 Å². The predicted molar refractivity (Wildman–Crippen MR) is 40.4 cm³/mol. The molecule has 1 aromatic carbocycles. The molecule has 60 valence electrons. The third kappa shape index (κ3) is 1.91. The van der Waals surface area contributed by atoms with Gasteiger partial charge in [0, 0.05) is 5.39 Å². The zero-order valence-electron chi connectivity index (χ0n) is 7.07. The fourth-order valence-corrected chi connectivity index (χ4v) is 1.06. The second-order valence-corrected chi connectivity index (χ2v) is 2.46. The molecule has 1 aromatic heterocycles. The molecule has 0 aliphatic carbocycles. The molecule has 0 amide bonds. The van der Waals surface area contributed by atoms with Crippen molar-refractivity contribution in [3.8, 4) is 0 Å².